The molecule has 0 fully saturated rings. The zero-order chi connectivity index (χ0) is 39.4. The predicted molar refractivity (Wildman–Crippen MR) is 232 cm³/mol. The first-order valence-corrected chi connectivity index (χ1v) is 21.2. The molecule has 3 nitrogen and oxygen atoms in total. The van der Waals surface area contributed by atoms with Crippen molar-refractivity contribution >= 4 is 53.2 Å². The van der Waals surface area contributed by atoms with Crippen molar-refractivity contribution < 1.29 is 12.8 Å². The first-order valence-electron chi connectivity index (χ1n) is 19.7. The molecule has 10 rings (SSSR count). The molecule has 2 heterocycles. The highest BCUT2D eigenvalue weighted by Crippen LogP contribution is 2.53. The second-order valence-corrected chi connectivity index (χ2v) is 20.2. The van der Waals surface area contributed by atoms with Gasteiger partial charge in [-0.1, -0.05) is 102 Å². The first kappa shape index (κ1) is 35.0. The lowest BCUT2D eigenvalue weighted by atomic mass is 9.81. The minimum atomic E-state index is -3.78. The third-order valence-corrected chi connectivity index (χ3v) is 14.4. The third kappa shape index (κ3) is 4.72. The summed E-state index contributed by atoms with van der Waals surface area (Å²) in [5.41, 5.74) is 17.3. The SMILES string of the molecule is Cc1cc(C(C)(C)C)cc(C)c1C1=c2cc3cc4c(cc3cc2C2=C1c1ccccc1S2(=O)=O)=C(c1c(C)cc(C(C)(C)C)cc1C)c1c-4oc2ccccc12. The minimum absolute atomic E-state index is 0.0196. The van der Waals surface area contributed by atoms with Gasteiger partial charge in [-0.15, -0.1) is 0 Å². The van der Waals surface area contributed by atoms with Crippen molar-refractivity contribution in [2.24, 2.45) is 0 Å². The van der Waals surface area contributed by atoms with Gasteiger partial charge < -0.3 is 4.42 Å². The van der Waals surface area contributed by atoms with Crippen molar-refractivity contribution in [3.63, 3.8) is 0 Å². The Balaban J connectivity index is 1.33. The molecule has 0 unspecified atom stereocenters. The Morgan fingerprint density at radius 3 is 1.59 bits per heavy atom. The number of fused-ring (bicyclic) bond motifs is 10. The van der Waals surface area contributed by atoms with Gasteiger partial charge in [-0.2, -0.15) is 0 Å². The molecule has 0 saturated heterocycles. The second-order valence-electron chi connectivity index (χ2n) is 18.4. The molecule has 0 N–H and O–H groups in total. The zero-order valence-corrected chi connectivity index (χ0v) is 34.7. The number of allylic oxidation sites excluding steroid dienone is 1. The van der Waals surface area contributed by atoms with Gasteiger partial charge >= 0.3 is 0 Å². The van der Waals surface area contributed by atoms with E-state index in [1.54, 1.807) is 6.07 Å². The molecule has 278 valence electrons. The molecule has 2 aliphatic carbocycles. The molecule has 7 aromatic rings. The van der Waals surface area contributed by atoms with Gasteiger partial charge in [0.1, 0.15) is 11.3 Å². The van der Waals surface area contributed by atoms with Crippen LogP contribution in [0.5, 0.6) is 0 Å². The Hall–Kier alpha value is -5.45. The largest absolute Gasteiger partial charge is 0.455 e. The van der Waals surface area contributed by atoms with E-state index in [1.165, 1.54) is 33.4 Å². The lowest BCUT2D eigenvalue weighted by Crippen LogP contribution is -2.16. The highest BCUT2D eigenvalue weighted by Gasteiger charge is 2.43. The van der Waals surface area contributed by atoms with Crippen LogP contribution in [-0.4, -0.2) is 8.42 Å². The maximum absolute atomic E-state index is 14.6. The quantitative estimate of drug-likeness (QED) is 0.177. The number of hydrogen-bond donors (Lipinski definition) is 0. The molecule has 1 aromatic heterocycles. The summed E-state index contributed by atoms with van der Waals surface area (Å²) in [7, 11) is -3.78. The Kier molecular flexibility index (Phi) is 7.08. The summed E-state index contributed by atoms with van der Waals surface area (Å²) in [6.07, 6.45) is 0. The monoisotopic (exact) mass is 750 g/mol. The van der Waals surface area contributed by atoms with Crippen LogP contribution < -0.4 is 10.4 Å². The molecule has 3 aliphatic rings. The Morgan fingerprint density at radius 2 is 1.00 bits per heavy atom. The number of rotatable bonds is 2. The minimum Gasteiger partial charge on any atom is -0.455 e. The molecule has 0 saturated carbocycles. The molecule has 1 aliphatic heterocycles. The molecule has 0 radical (unpaired) electrons. The van der Waals surface area contributed by atoms with Crippen molar-refractivity contribution in [2.45, 2.75) is 85.0 Å². The van der Waals surface area contributed by atoms with Gasteiger partial charge in [0, 0.05) is 38.8 Å². The van der Waals surface area contributed by atoms with Gasteiger partial charge in [-0.3, -0.25) is 0 Å². The van der Waals surface area contributed by atoms with Crippen LogP contribution in [0.3, 0.4) is 0 Å². The molecule has 4 heteroatoms. The summed E-state index contributed by atoms with van der Waals surface area (Å²) in [5.74, 6) is 0.892. The maximum Gasteiger partial charge on any atom is 0.208 e. The molecule has 6 aromatic carbocycles. The van der Waals surface area contributed by atoms with E-state index in [0.29, 0.717) is 9.80 Å². The van der Waals surface area contributed by atoms with E-state index >= 15 is 0 Å². The molecule has 0 atom stereocenters. The normalized spacial score (nSPS) is 15.5. The standard InChI is InChI=1S/C52H46O3S/c1-27-19-33(51(5,6)7)20-28(2)43(27)45-37-23-32-26-40-38(24-31(32)25-39(37)49-47(45)35-15-11-13-17-41(35)55-49)46(44-29(3)21-34(22-30(44)4)52(8,9)10)48-36-16-12-14-18-42(36)56(53,54)50(40)48/h11-26H,1-10H3. The summed E-state index contributed by atoms with van der Waals surface area (Å²) >= 11 is 0. The first-order chi connectivity index (χ1) is 26.4. The number of hydrogen-bond acceptors (Lipinski definition) is 3. The van der Waals surface area contributed by atoms with E-state index in [4.69, 9.17) is 4.42 Å². The van der Waals surface area contributed by atoms with Gasteiger partial charge in [0.25, 0.3) is 0 Å². The smallest absolute Gasteiger partial charge is 0.208 e. The predicted octanol–water partition coefficient (Wildman–Crippen LogP) is 11.5. The fourth-order valence-corrected chi connectivity index (χ4v) is 11.7. The van der Waals surface area contributed by atoms with E-state index < -0.39 is 9.84 Å². The Labute approximate surface area is 329 Å². The molecule has 0 bridgehead atoms. The Bertz CT molecular complexity index is 3200. The van der Waals surface area contributed by atoms with Crippen LogP contribution in [0.4, 0.5) is 0 Å². The summed E-state index contributed by atoms with van der Waals surface area (Å²) in [5, 5.41) is 5.24. The van der Waals surface area contributed by atoms with E-state index in [-0.39, 0.29) is 10.8 Å². The van der Waals surface area contributed by atoms with E-state index in [0.717, 1.165) is 88.0 Å². The number of aryl methyl sites for hydroxylation is 4. The average Bonchev–Trinajstić information content (AvgIpc) is 3.81. The van der Waals surface area contributed by atoms with Crippen molar-refractivity contribution in [1.82, 2.24) is 0 Å². The van der Waals surface area contributed by atoms with Crippen LogP contribution in [0, 0.1) is 27.7 Å². The number of sulfone groups is 1. The summed E-state index contributed by atoms with van der Waals surface area (Å²) in [6.45, 7) is 22.3. The molecule has 0 spiro atoms. The topological polar surface area (TPSA) is 47.3 Å². The fraction of sp³-hybridized carbons (Fsp3) is 0.231. The van der Waals surface area contributed by atoms with Gasteiger partial charge in [-0.25, -0.2) is 8.42 Å². The summed E-state index contributed by atoms with van der Waals surface area (Å²) < 4.78 is 36.1. The van der Waals surface area contributed by atoms with E-state index in [1.807, 2.05) is 24.3 Å². The number of para-hydroxylation sites is 1. The summed E-state index contributed by atoms with van der Waals surface area (Å²) in [4.78, 5) is 0.817. The lowest BCUT2D eigenvalue weighted by molar-refractivity contribution is 0.589. The van der Waals surface area contributed by atoms with Crippen LogP contribution in [0.2, 0.25) is 0 Å². The highest BCUT2D eigenvalue weighted by molar-refractivity contribution is 8.01. The van der Waals surface area contributed by atoms with Gasteiger partial charge in [-0.05, 0) is 146 Å². The van der Waals surface area contributed by atoms with E-state index in [9.17, 15) is 8.42 Å². The maximum atomic E-state index is 14.6. The number of furan rings is 1. The van der Waals surface area contributed by atoms with E-state index in [2.05, 4.69) is 136 Å². The average molecular weight is 751 g/mol. The molecular formula is C52H46O3S. The third-order valence-electron chi connectivity index (χ3n) is 12.5. The molecule has 0 amide bonds. The van der Waals surface area contributed by atoms with Gasteiger partial charge in [0.15, 0.2) is 0 Å². The highest BCUT2D eigenvalue weighted by atomic mass is 32.2. The fourth-order valence-electron chi connectivity index (χ4n) is 9.79. The molecule has 56 heavy (non-hydrogen) atoms. The van der Waals surface area contributed by atoms with Crippen LogP contribution in [0.15, 0.2) is 106 Å². The van der Waals surface area contributed by atoms with Crippen LogP contribution >= 0.6 is 0 Å². The van der Waals surface area contributed by atoms with Gasteiger partial charge in [0.05, 0.1) is 9.80 Å². The van der Waals surface area contributed by atoms with Gasteiger partial charge in [0.2, 0.25) is 9.84 Å². The lowest BCUT2D eigenvalue weighted by Gasteiger charge is -2.23. The Morgan fingerprint density at radius 1 is 0.500 bits per heavy atom. The zero-order valence-electron chi connectivity index (χ0n) is 33.9. The van der Waals surface area contributed by atoms with Crippen molar-refractivity contribution in [3.8, 4) is 11.3 Å². The van der Waals surface area contributed by atoms with Crippen LogP contribution in [0.1, 0.15) is 103 Å². The number of benzene rings is 6. The summed E-state index contributed by atoms with van der Waals surface area (Å²) in [6, 6.07) is 34.1. The second kappa shape index (κ2) is 11.3. The molecular weight excluding hydrogens is 705 g/mol. The van der Waals surface area contributed by atoms with Crippen molar-refractivity contribution in [1.29, 1.82) is 0 Å². The van der Waals surface area contributed by atoms with Crippen molar-refractivity contribution in [3.05, 3.63) is 169 Å². The van der Waals surface area contributed by atoms with Crippen molar-refractivity contribution in [2.75, 3.05) is 0 Å². The van der Waals surface area contributed by atoms with Crippen LogP contribution in [0.25, 0.3) is 54.7 Å². The van der Waals surface area contributed by atoms with Crippen LogP contribution in [-0.2, 0) is 20.7 Å².